The van der Waals surface area contributed by atoms with Gasteiger partial charge >= 0.3 is 5.97 Å². The molecule has 0 aromatic carbocycles. The second-order valence-corrected chi connectivity index (χ2v) is 3.19. The molecule has 0 amide bonds. The molecule has 0 bridgehead atoms. The molecular weight excluding hydrogens is 180 g/mol. The Morgan fingerprint density at radius 2 is 2.43 bits per heavy atom. The van der Waals surface area contributed by atoms with Crippen LogP contribution in [0.5, 0.6) is 0 Å². The summed E-state index contributed by atoms with van der Waals surface area (Å²) in [4.78, 5) is 14.6. The van der Waals surface area contributed by atoms with Crippen LogP contribution in [0, 0.1) is 5.92 Å². The van der Waals surface area contributed by atoms with Crippen molar-refractivity contribution in [3.05, 3.63) is 30.1 Å². The number of aromatic nitrogens is 1. The summed E-state index contributed by atoms with van der Waals surface area (Å²) in [6, 6.07) is 5.66. The van der Waals surface area contributed by atoms with E-state index in [1.807, 2.05) is 18.2 Å². The molecule has 1 aromatic heterocycles. The number of rotatable bonds is 5. The van der Waals surface area contributed by atoms with Crippen LogP contribution in [0.2, 0.25) is 0 Å². The largest absolute Gasteiger partial charge is 0.481 e. The SMILES string of the molecule is CC(CNCc1ccccn1)C(=O)O. The molecule has 4 heteroatoms. The van der Waals surface area contributed by atoms with E-state index >= 15 is 0 Å². The zero-order valence-electron chi connectivity index (χ0n) is 8.10. The first-order valence-electron chi connectivity index (χ1n) is 4.53. The number of hydrogen-bond donors (Lipinski definition) is 2. The minimum absolute atomic E-state index is 0.362. The highest BCUT2D eigenvalue weighted by atomic mass is 16.4. The quantitative estimate of drug-likeness (QED) is 0.730. The molecule has 0 aliphatic carbocycles. The van der Waals surface area contributed by atoms with E-state index in [-0.39, 0.29) is 5.92 Å². The van der Waals surface area contributed by atoms with Crippen molar-refractivity contribution in [3.63, 3.8) is 0 Å². The van der Waals surface area contributed by atoms with Gasteiger partial charge in [-0.05, 0) is 12.1 Å². The fourth-order valence-corrected chi connectivity index (χ4v) is 1.01. The summed E-state index contributed by atoms with van der Waals surface area (Å²) in [7, 11) is 0. The molecule has 14 heavy (non-hydrogen) atoms. The van der Waals surface area contributed by atoms with E-state index in [0.29, 0.717) is 13.1 Å². The maximum atomic E-state index is 10.5. The van der Waals surface area contributed by atoms with Gasteiger partial charge in [0.2, 0.25) is 0 Å². The van der Waals surface area contributed by atoms with Crippen molar-refractivity contribution >= 4 is 5.97 Å². The third kappa shape index (κ3) is 3.53. The molecule has 0 aliphatic heterocycles. The normalized spacial score (nSPS) is 12.4. The Morgan fingerprint density at radius 3 is 3.00 bits per heavy atom. The molecule has 0 aliphatic rings. The molecule has 1 rings (SSSR count). The molecule has 1 heterocycles. The molecule has 0 saturated carbocycles. The third-order valence-electron chi connectivity index (χ3n) is 1.90. The molecular formula is C10H14N2O2. The number of pyridine rings is 1. The number of aliphatic carboxylic acids is 1. The standard InChI is InChI=1S/C10H14N2O2/c1-8(10(13)14)6-11-7-9-4-2-3-5-12-9/h2-5,8,11H,6-7H2,1H3,(H,13,14). The molecule has 0 spiro atoms. The minimum atomic E-state index is -0.779. The van der Waals surface area contributed by atoms with Crippen LogP contribution in [-0.2, 0) is 11.3 Å². The Bertz CT molecular complexity index is 287. The van der Waals surface area contributed by atoms with Crippen molar-refractivity contribution in [2.45, 2.75) is 13.5 Å². The van der Waals surface area contributed by atoms with Gasteiger partial charge in [-0.1, -0.05) is 13.0 Å². The molecule has 0 fully saturated rings. The zero-order chi connectivity index (χ0) is 10.4. The van der Waals surface area contributed by atoms with Crippen LogP contribution in [0.25, 0.3) is 0 Å². The van der Waals surface area contributed by atoms with Gasteiger partial charge in [0.15, 0.2) is 0 Å². The number of nitrogens with one attached hydrogen (secondary N) is 1. The van der Waals surface area contributed by atoms with E-state index in [4.69, 9.17) is 5.11 Å². The van der Waals surface area contributed by atoms with Gasteiger partial charge in [0.25, 0.3) is 0 Å². The maximum Gasteiger partial charge on any atom is 0.307 e. The Hall–Kier alpha value is -1.42. The van der Waals surface area contributed by atoms with Crippen molar-refractivity contribution in [2.24, 2.45) is 5.92 Å². The van der Waals surface area contributed by atoms with Crippen molar-refractivity contribution < 1.29 is 9.90 Å². The first-order valence-corrected chi connectivity index (χ1v) is 4.53. The highest BCUT2D eigenvalue weighted by molar-refractivity contribution is 5.69. The summed E-state index contributed by atoms with van der Waals surface area (Å²) < 4.78 is 0. The highest BCUT2D eigenvalue weighted by Gasteiger charge is 2.09. The summed E-state index contributed by atoms with van der Waals surface area (Å²) in [6.07, 6.45) is 1.72. The van der Waals surface area contributed by atoms with Crippen LogP contribution >= 0.6 is 0 Å². The lowest BCUT2D eigenvalue weighted by Crippen LogP contribution is -2.26. The fraction of sp³-hybridized carbons (Fsp3) is 0.400. The molecule has 76 valence electrons. The van der Waals surface area contributed by atoms with Crippen LogP contribution in [-0.4, -0.2) is 22.6 Å². The number of hydrogen-bond acceptors (Lipinski definition) is 3. The van der Waals surface area contributed by atoms with Crippen LogP contribution in [0.1, 0.15) is 12.6 Å². The monoisotopic (exact) mass is 194 g/mol. The van der Waals surface area contributed by atoms with Crippen LogP contribution < -0.4 is 5.32 Å². The third-order valence-corrected chi connectivity index (χ3v) is 1.90. The number of nitrogens with zero attached hydrogens (tertiary/aromatic N) is 1. The predicted molar refractivity (Wildman–Crippen MR) is 52.7 cm³/mol. The van der Waals surface area contributed by atoms with Crippen molar-refractivity contribution in [1.82, 2.24) is 10.3 Å². The lowest BCUT2D eigenvalue weighted by molar-refractivity contribution is -0.140. The summed E-state index contributed by atoms with van der Waals surface area (Å²) >= 11 is 0. The molecule has 0 saturated heterocycles. The molecule has 1 atom stereocenters. The molecule has 0 radical (unpaired) electrons. The number of carbonyl (C=O) groups is 1. The fourth-order valence-electron chi connectivity index (χ4n) is 1.01. The summed E-state index contributed by atoms with van der Waals surface area (Å²) in [6.45, 7) is 2.75. The van der Waals surface area contributed by atoms with Gasteiger partial charge in [-0.25, -0.2) is 0 Å². The Balaban J connectivity index is 2.26. The van der Waals surface area contributed by atoms with Gasteiger partial charge in [0.1, 0.15) is 0 Å². The minimum Gasteiger partial charge on any atom is -0.481 e. The topological polar surface area (TPSA) is 62.2 Å². The van der Waals surface area contributed by atoms with Gasteiger partial charge in [0, 0.05) is 19.3 Å². The van der Waals surface area contributed by atoms with E-state index in [1.165, 1.54) is 0 Å². The average Bonchev–Trinajstić information content (AvgIpc) is 2.19. The Morgan fingerprint density at radius 1 is 1.64 bits per heavy atom. The van der Waals surface area contributed by atoms with E-state index in [1.54, 1.807) is 13.1 Å². The van der Waals surface area contributed by atoms with E-state index in [0.717, 1.165) is 5.69 Å². The van der Waals surface area contributed by atoms with Gasteiger partial charge in [-0.3, -0.25) is 9.78 Å². The first-order chi connectivity index (χ1) is 6.70. The van der Waals surface area contributed by atoms with Crippen LogP contribution in [0.3, 0.4) is 0 Å². The van der Waals surface area contributed by atoms with Crippen LogP contribution in [0.15, 0.2) is 24.4 Å². The summed E-state index contributed by atoms with van der Waals surface area (Å²) in [5.74, 6) is -1.14. The second kappa shape index (κ2) is 5.34. The van der Waals surface area contributed by atoms with Crippen molar-refractivity contribution in [3.8, 4) is 0 Å². The van der Waals surface area contributed by atoms with Gasteiger partial charge in [0.05, 0.1) is 11.6 Å². The average molecular weight is 194 g/mol. The predicted octanol–water partition coefficient (Wildman–Crippen LogP) is 0.892. The second-order valence-electron chi connectivity index (χ2n) is 3.19. The summed E-state index contributed by atoms with van der Waals surface area (Å²) in [5.41, 5.74) is 0.921. The lowest BCUT2D eigenvalue weighted by atomic mass is 10.2. The first kappa shape index (κ1) is 10.7. The van der Waals surface area contributed by atoms with E-state index in [9.17, 15) is 4.79 Å². The molecule has 1 unspecified atom stereocenters. The van der Waals surface area contributed by atoms with Crippen LogP contribution in [0.4, 0.5) is 0 Å². The highest BCUT2D eigenvalue weighted by Crippen LogP contribution is 1.95. The Kier molecular flexibility index (Phi) is 4.07. The zero-order valence-corrected chi connectivity index (χ0v) is 8.10. The molecule has 4 nitrogen and oxygen atoms in total. The maximum absolute atomic E-state index is 10.5. The van der Waals surface area contributed by atoms with Crippen molar-refractivity contribution in [1.29, 1.82) is 0 Å². The van der Waals surface area contributed by atoms with Gasteiger partial charge in [-0.2, -0.15) is 0 Å². The van der Waals surface area contributed by atoms with Gasteiger partial charge in [-0.15, -0.1) is 0 Å². The molecule has 1 aromatic rings. The van der Waals surface area contributed by atoms with E-state index < -0.39 is 5.97 Å². The number of carboxylic acid groups (broad SMARTS) is 1. The Labute approximate surface area is 83.0 Å². The summed E-state index contributed by atoms with van der Waals surface area (Å²) in [5, 5.41) is 11.7. The van der Waals surface area contributed by atoms with Crippen molar-refractivity contribution in [2.75, 3.05) is 6.54 Å². The smallest absolute Gasteiger partial charge is 0.307 e. The number of carboxylic acids is 1. The van der Waals surface area contributed by atoms with E-state index in [2.05, 4.69) is 10.3 Å². The lowest BCUT2D eigenvalue weighted by Gasteiger charge is -2.07. The molecule has 2 N–H and O–H groups in total. The van der Waals surface area contributed by atoms with Gasteiger partial charge < -0.3 is 10.4 Å².